The summed E-state index contributed by atoms with van der Waals surface area (Å²) in [5, 5.41) is 6.85. The Hall–Kier alpha value is -2.79. The number of aromatic nitrogens is 1. The van der Waals surface area contributed by atoms with E-state index in [9.17, 15) is 9.59 Å². The van der Waals surface area contributed by atoms with E-state index in [2.05, 4.69) is 15.6 Å². The second kappa shape index (κ2) is 6.54. The summed E-state index contributed by atoms with van der Waals surface area (Å²) in [4.78, 5) is 26.7. The van der Waals surface area contributed by atoms with Crippen molar-refractivity contribution in [2.45, 2.75) is 6.54 Å². The summed E-state index contributed by atoms with van der Waals surface area (Å²) in [6.07, 6.45) is 0. The van der Waals surface area contributed by atoms with Crippen LogP contribution >= 0.6 is 11.6 Å². The fourth-order valence-corrected chi connectivity index (χ4v) is 2.33. The van der Waals surface area contributed by atoms with Crippen LogP contribution in [-0.4, -0.2) is 11.0 Å². The van der Waals surface area contributed by atoms with Crippen molar-refractivity contribution < 1.29 is 4.79 Å². The van der Waals surface area contributed by atoms with Crippen LogP contribution in [0.5, 0.6) is 0 Å². The quantitative estimate of drug-likeness (QED) is 0.688. The van der Waals surface area contributed by atoms with E-state index >= 15 is 0 Å². The molecule has 0 radical (unpaired) electrons. The predicted octanol–water partition coefficient (Wildman–Crippen LogP) is 3.50. The normalized spacial score (nSPS) is 10.5. The van der Waals surface area contributed by atoms with Gasteiger partial charge < -0.3 is 15.6 Å². The van der Waals surface area contributed by atoms with Gasteiger partial charge in [-0.25, -0.2) is 4.79 Å². The molecule has 116 valence electrons. The van der Waals surface area contributed by atoms with Crippen LogP contribution < -0.4 is 16.2 Å². The number of carbonyl (C=O) groups is 1. The summed E-state index contributed by atoms with van der Waals surface area (Å²) >= 11 is 5.79. The number of para-hydroxylation sites is 1. The Morgan fingerprint density at radius 3 is 2.61 bits per heavy atom. The van der Waals surface area contributed by atoms with Gasteiger partial charge in [-0.05, 0) is 41.8 Å². The lowest BCUT2D eigenvalue weighted by Gasteiger charge is -2.08. The van der Waals surface area contributed by atoms with Crippen molar-refractivity contribution >= 4 is 34.2 Å². The van der Waals surface area contributed by atoms with Crippen molar-refractivity contribution in [3.8, 4) is 0 Å². The summed E-state index contributed by atoms with van der Waals surface area (Å²) in [5.41, 5.74) is 1.68. The molecule has 0 bridgehead atoms. The van der Waals surface area contributed by atoms with Gasteiger partial charge >= 0.3 is 6.03 Å². The fraction of sp³-hybridized carbons (Fsp3) is 0.0588. The molecule has 0 unspecified atom stereocenters. The Bertz CT molecular complexity index is 904. The van der Waals surface area contributed by atoms with Crippen molar-refractivity contribution in [1.82, 2.24) is 10.3 Å². The Morgan fingerprint density at radius 1 is 1.09 bits per heavy atom. The van der Waals surface area contributed by atoms with Crippen LogP contribution in [0.1, 0.15) is 5.56 Å². The Morgan fingerprint density at radius 2 is 1.83 bits per heavy atom. The number of amides is 2. The SMILES string of the molecule is O=C(NCc1cc2ccccc2[nH]c1=O)Nc1ccc(Cl)cc1. The highest BCUT2D eigenvalue weighted by molar-refractivity contribution is 6.30. The van der Waals surface area contributed by atoms with E-state index in [0.717, 1.165) is 10.9 Å². The first-order chi connectivity index (χ1) is 11.1. The molecule has 2 amide bonds. The van der Waals surface area contributed by atoms with Crippen molar-refractivity contribution in [1.29, 1.82) is 0 Å². The van der Waals surface area contributed by atoms with Crippen molar-refractivity contribution in [3.05, 3.63) is 75.5 Å². The predicted molar refractivity (Wildman–Crippen MR) is 91.9 cm³/mol. The van der Waals surface area contributed by atoms with Crippen LogP contribution in [-0.2, 0) is 6.54 Å². The minimum atomic E-state index is -0.389. The van der Waals surface area contributed by atoms with E-state index in [0.29, 0.717) is 16.3 Å². The molecule has 0 atom stereocenters. The maximum Gasteiger partial charge on any atom is 0.319 e. The highest BCUT2D eigenvalue weighted by atomic mass is 35.5. The van der Waals surface area contributed by atoms with Crippen LogP contribution in [0.2, 0.25) is 5.02 Å². The van der Waals surface area contributed by atoms with Gasteiger partial charge in [0.15, 0.2) is 0 Å². The number of aromatic amines is 1. The van der Waals surface area contributed by atoms with Crippen LogP contribution in [0.25, 0.3) is 10.9 Å². The number of hydrogen-bond acceptors (Lipinski definition) is 2. The minimum absolute atomic E-state index is 0.138. The maximum absolute atomic E-state index is 12.0. The van der Waals surface area contributed by atoms with Crippen LogP contribution in [0.4, 0.5) is 10.5 Å². The monoisotopic (exact) mass is 327 g/mol. The number of anilines is 1. The number of H-pyrrole nitrogens is 1. The van der Waals surface area contributed by atoms with E-state index in [1.54, 1.807) is 30.3 Å². The summed E-state index contributed by atoms with van der Waals surface area (Å²) in [6, 6.07) is 15.6. The van der Waals surface area contributed by atoms with Crippen LogP contribution in [0.3, 0.4) is 0 Å². The molecule has 5 nitrogen and oxygen atoms in total. The number of nitrogens with one attached hydrogen (secondary N) is 3. The third-order valence-electron chi connectivity index (χ3n) is 3.37. The average molecular weight is 328 g/mol. The van der Waals surface area contributed by atoms with E-state index in [1.165, 1.54) is 0 Å². The molecular formula is C17H14ClN3O2. The van der Waals surface area contributed by atoms with E-state index < -0.39 is 0 Å². The zero-order valence-electron chi connectivity index (χ0n) is 12.1. The number of benzene rings is 2. The van der Waals surface area contributed by atoms with Crippen molar-refractivity contribution in [2.75, 3.05) is 5.32 Å². The van der Waals surface area contributed by atoms with Crippen LogP contribution in [0.15, 0.2) is 59.4 Å². The van der Waals surface area contributed by atoms with Gasteiger partial charge in [0, 0.05) is 28.3 Å². The summed E-state index contributed by atoms with van der Waals surface area (Å²) in [5.74, 6) is 0. The first-order valence-corrected chi connectivity index (χ1v) is 7.41. The topological polar surface area (TPSA) is 74.0 Å². The van der Waals surface area contributed by atoms with E-state index in [4.69, 9.17) is 11.6 Å². The minimum Gasteiger partial charge on any atom is -0.334 e. The molecule has 2 aromatic carbocycles. The molecule has 0 aliphatic carbocycles. The van der Waals surface area contributed by atoms with Crippen LogP contribution in [0, 0.1) is 0 Å². The van der Waals surface area contributed by atoms with Gasteiger partial charge in [-0.2, -0.15) is 0 Å². The third-order valence-corrected chi connectivity index (χ3v) is 3.62. The molecule has 0 aliphatic heterocycles. The molecule has 0 saturated carbocycles. The smallest absolute Gasteiger partial charge is 0.319 e. The zero-order chi connectivity index (χ0) is 16.2. The summed E-state index contributed by atoms with van der Waals surface area (Å²) in [6.45, 7) is 0.138. The lowest BCUT2D eigenvalue weighted by Crippen LogP contribution is -2.30. The lowest BCUT2D eigenvalue weighted by molar-refractivity contribution is 0.251. The Kier molecular flexibility index (Phi) is 4.30. The fourth-order valence-electron chi connectivity index (χ4n) is 2.21. The first kappa shape index (κ1) is 15.1. The summed E-state index contributed by atoms with van der Waals surface area (Å²) < 4.78 is 0. The van der Waals surface area contributed by atoms with E-state index in [1.807, 2.05) is 24.3 Å². The second-order valence-corrected chi connectivity index (χ2v) is 5.46. The molecule has 0 spiro atoms. The molecule has 3 aromatic rings. The Labute approximate surface area is 137 Å². The lowest BCUT2D eigenvalue weighted by atomic mass is 10.1. The van der Waals surface area contributed by atoms with Gasteiger partial charge in [0.2, 0.25) is 0 Å². The van der Waals surface area contributed by atoms with Gasteiger partial charge in [-0.3, -0.25) is 4.79 Å². The Balaban J connectivity index is 1.68. The number of carbonyl (C=O) groups excluding carboxylic acids is 1. The van der Waals surface area contributed by atoms with Gasteiger partial charge in [0.25, 0.3) is 5.56 Å². The molecule has 6 heteroatoms. The van der Waals surface area contributed by atoms with Gasteiger partial charge in [-0.15, -0.1) is 0 Å². The molecule has 0 fully saturated rings. The second-order valence-electron chi connectivity index (χ2n) is 5.03. The van der Waals surface area contributed by atoms with E-state index in [-0.39, 0.29) is 18.1 Å². The number of pyridine rings is 1. The van der Waals surface area contributed by atoms with Crippen molar-refractivity contribution in [2.24, 2.45) is 0 Å². The number of halogens is 1. The zero-order valence-corrected chi connectivity index (χ0v) is 12.9. The first-order valence-electron chi connectivity index (χ1n) is 7.03. The number of fused-ring (bicyclic) bond motifs is 1. The molecule has 1 heterocycles. The molecule has 3 N–H and O–H groups in total. The molecule has 0 saturated heterocycles. The van der Waals surface area contributed by atoms with Gasteiger partial charge in [-0.1, -0.05) is 29.8 Å². The van der Waals surface area contributed by atoms with Gasteiger partial charge in [0.05, 0.1) is 0 Å². The molecule has 23 heavy (non-hydrogen) atoms. The highest BCUT2D eigenvalue weighted by Gasteiger charge is 2.06. The third kappa shape index (κ3) is 3.70. The standard InChI is InChI=1S/C17H14ClN3O2/c18-13-5-7-14(8-6-13)20-17(23)19-10-12-9-11-3-1-2-4-15(11)21-16(12)22/h1-9H,10H2,(H,21,22)(H2,19,20,23). The average Bonchev–Trinajstić information content (AvgIpc) is 2.55. The number of hydrogen-bond donors (Lipinski definition) is 3. The maximum atomic E-state index is 12.0. The molecule has 0 aliphatic rings. The number of rotatable bonds is 3. The highest BCUT2D eigenvalue weighted by Crippen LogP contribution is 2.13. The number of urea groups is 1. The molecule has 1 aromatic heterocycles. The molecule has 3 rings (SSSR count). The van der Waals surface area contributed by atoms with Gasteiger partial charge in [0.1, 0.15) is 0 Å². The van der Waals surface area contributed by atoms with Crippen molar-refractivity contribution in [3.63, 3.8) is 0 Å². The largest absolute Gasteiger partial charge is 0.334 e. The molecular weight excluding hydrogens is 314 g/mol. The summed E-state index contributed by atoms with van der Waals surface area (Å²) in [7, 11) is 0.